The maximum absolute atomic E-state index is 13.4. The quantitative estimate of drug-likeness (QED) is 0.212. The first-order valence-electron chi connectivity index (χ1n) is 11.2. The third-order valence-electron chi connectivity index (χ3n) is 5.33. The molecule has 1 unspecified atom stereocenters. The molecule has 1 aromatic carbocycles. The maximum Gasteiger partial charge on any atom is 0.530 e. The summed E-state index contributed by atoms with van der Waals surface area (Å²) in [6, 6.07) is 9.41. The summed E-state index contributed by atoms with van der Waals surface area (Å²) in [4.78, 5) is 27.9. The zero-order chi connectivity index (χ0) is 27.2. The van der Waals surface area contributed by atoms with Gasteiger partial charge in [0.05, 0.1) is 25.2 Å². The molecule has 0 radical (unpaired) electrons. The van der Waals surface area contributed by atoms with E-state index in [0.717, 1.165) is 16.3 Å². The van der Waals surface area contributed by atoms with Gasteiger partial charge in [-0.25, -0.2) is 9.36 Å². The van der Waals surface area contributed by atoms with Crippen LogP contribution in [0.5, 0.6) is 5.75 Å². The standard InChI is InChI=1S/C22H30N3O10PS/c1-22(2,13-26)20(29)37-11-10-32-36(31,35-14-6-4-3-5-7-14)33-12-15-17(27)18(28)19(34-15)25-9-8-16(23)24-21(25)30/h3-9,15,17-19,26-28H,10-13H2,1-2H3,(H2,23,24,30)/t15-,17-,18+,19-,36?/m1/s1. The summed E-state index contributed by atoms with van der Waals surface area (Å²) in [5, 5.41) is 29.9. The second-order valence-electron chi connectivity index (χ2n) is 8.75. The number of anilines is 1. The highest BCUT2D eigenvalue weighted by Gasteiger charge is 2.45. The number of para-hydroxylation sites is 1. The van der Waals surface area contributed by atoms with Crippen molar-refractivity contribution >= 4 is 30.5 Å². The fraction of sp³-hybridized carbons (Fsp3) is 0.500. The van der Waals surface area contributed by atoms with E-state index in [0.29, 0.717) is 0 Å². The summed E-state index contributed by atoms with van der Waals surface area (Å²) < 4.78 is 36.2. The molecule has 15 heteroatoms. The number of nitrogens with zero attached hydrogens (tertiary/aromatic N) is 2. The minimum absolute atomic E-state index is 0.0231. The zero-order valence-corrected chi connectivity index (χ0v) is 21.9. The van der Waals surface area contributed by atoms with Crippen LogP contribution in [0.15, 0.2) is 47.4 Å². The summed E-state index contributed by atoms with van der Waals surface area (Å²) in [7, 11) is -4.30. The van der Waals surface area contributed by atoms with E-state index in [1.165, 1.54) is 24.4 Å². The van der Waals surface area contributed by atoms with Gasteiger partial charge in [0.1, 0.15) is 29.9 Å². The predicted molar refractivity (Wildman–Crippen MR) is 134 cm³/mol. The van der Waals surface area contributed by atoms with Crippen molar-refractivity contribution in [3.63, 3.8) is 0 Å². The average molecular weight is 560 g/mol. The molecular weight excluding hydrogens is 529 g/mol. The third kappa shape index (κ3) is 7.62. The lowest BCUT2D eigenvalue weighted by atomic mass is 9.97. The fourth-order valence-corrected chi connectivity index (χ4v) is 5.26. The Morgan fingerprint density at radius 3 is 2.57 bits per heavy atom. The second kappa shape index (κ2) is 12.5. The van der Waals surface area contributed by atoms with Gasteiger partial charge in [0.25, 0.3) is 0 Å². The first-order valence-corrected chi connectivity index (χ1v) is 13.7. The molecule has 0 saturated carbocycles. The van der Waals surface area contributed by atoms with E-state index in [1.54, 1.807) is 32.0 Å². The lowest BCUT2D eigenvalue weighted by Gasteiger charge is -2.22. The average Bonchev–Trinajstić information content (AvgIpc) is 3.14. The van der Waals surface area contributed by atoms with Gasteiger partial charge in [0, 0.05) is 11.9 Å². The van der Waals surface area contributed by atoms with E-state index >= 15 is 0 Å². The maximum atomic E-state index is 13.4. The number of thioether (sulfide) groups is 1. The predicted octanol–water partition coefficient (Wildman–Crippen LogP) is 0.943. The number of benzene rings is 1. The molecule has 2 aromatic rings. The molecule has 0 amide bonds. The number of aliphatic hydroxyl groups is 3. The number of aliphatic hydroxyl groups excluding tert-OH is 3. The number of aromatic nitrogens is 2. The number of nitrogen functional groups attached to an aromatic ring is 1. The number of hydrogen-bond donors (Lipinski definition) is 4. The molecule has 13 nitrogen and oxygen atoms in total. The number of carbonyl (C=O) groups is 1. The van der Waals surface area contributed by atoms with E-state index in [1.807, 2.05) is 0 Å². The van der Waals surface area contributed by atoms with Crippen LogP contribution in [-0.4, -0.2) is 73.9 Å². The van der Waals surface area contributed by atoms with Crippen LogP contribution in [0.2, 0.25) is 0 Å². The topological polar surface area (TPSA) is 193 Å². The smallest absolute Gasteiger partial charge is 0.404 e. The van der Waals surface area contributed by atoms with E-state index in [4.69, 9.17) is 24.0 Å². The summed E-state index contributed by atoms with van der Waals surface area (Å²) in [5.74, 6) is 0.260. The minimum atomic E-state index is -4.30. The molecule has 1 aliphatic rings. The fourth-order valence-electron chi connectivity index (χ4n) is 3.12. The number of phosphoric acid groups is 1. The number of ether oxygens (including phenoxy) is 1. The van der Waals surface area contributed by atoms with Gasteiger partial charge in [0.15, 0.2) is 11.3 Å². The molecule has 204 valence electrons. The lowest BCUT2D eigenvalue weighted by molar-refractivity contribution is -0.119. The summed E-state index contributed by atoms with van der Waals surface area (Å²) in [6.07, 6.45) is -4.27. The van der Waals surface area contributed by atoms with Crippen LogP contribution >= 0.6 is 19.6 Å². The zero-order valence-electron chi connectivity index (χ0n) is 20.2. The number of phosphoric ester groups is 1. The van der Waals surface area contributed by atoms with Crippen LogP contribution in [-0.2, 0) is 23.1 Å². The molecule has 5 atom stereocenters. The van der Waals surface area contributed by atoms with Crippen molar-refractivity contribution in [2.75, 3.05) is 31.3 Å². The van der Waals surface area contributed by atoms with Crippen LogP contribution < -0.4 is 15.9 Å². The monoisotopic (exact) mass is 559 g/mol. The third-order valence-corrected chi connectivity index (χ3v) is 7.92. The minimum Gasteiger partial charge on any atom is -0.404 e. The highest BCUT2D eigenvalue weighted by atomic mass is 32.2. The molecule has 1 saturated heterocycles. The Kier molecular flexibility index (Phi) is 9.89. The van der Waals surface area contributed by atoms with Gasteiger partial charge in [-0.2, -0.15) is 4.98 Å². The van der Waals surface area contributed by atoms with Crippen molar-refractivity contribution in [3.8, 4) is 5.75 Å². The van der Waals surface area contributed by atoms with Gasteiger partial charge in [0.2, 0.25) is 0 Å². The molecule has 37 heavy (non-hydrogen) atoms. The van der Waals surface area contributed by atoms with E-state index < -0.39 is 50.1 Å². The van der Waals surface area contributed by atoms with Gasteiger partial charge >= 0.3 is 13.5 Å². The van der Waals surface area contributed by atoms with Crippen molar-refractivity contribution in [2.45, 2.75) is 38.4 Å². The van der Waals surface area contributed by atoms with Gasteiger partial charge < -0.3 is 30.3 Å². The lowest BCUT2D eigenvalue weighted by Crippen LogP contribution is -2.36. The Labute approximate surface area is 217 Å². The molecule has 2 heterocycles. The van der Waals surface area contributed by atoms with Crippen molar-refractivity contribution in [1.29, 1.82) is 0 Å². The summed E-state index contributed by atoms with van der Waals surface area (Å²) in [5.41, 5.74) is 3.74. The largest absolute Gasteiger partial charge is 0.530 e. The Balaban J connectivity index is 1.66. The highest BCUT2D eigenvalue weighted by Crippen LogP contribution is 2.50. The molecule has 3 rings (SSSR count). The summed E-state index contributed by atoms with van der Waals surface area (Å²) >= 11 is 0.898. The summed E-state index contributed by atoms with van der Waals surface area (Å²) in [6.45, 7) is 2.14. The van der Waals surface area contributed by atoms with Crippen LogP contribution in [0, 0.1) is 5.41 Å². The first-order chi connectivity index (χ1) is 17.5. The van der Waals surface area contributed by atoms with Crippen LogP contribution in [0.1, 0.15) is 20.1 Å². The number of hydrogen-bond acceptors (Lipinski definition) is 13. The second-order valence-corrected chi connectivity index (χ2v) is 11.4. The van der Waals surface area contributed by atoms with E-state index in [-0.39, 0.29) is 35.6 Å². The molecule has 1 aromatic heterocycles. The van der Waals surface area contributed by atoms with Crippen molar-refractivity contribution in [1.82, 2.24) is 9.55 Å². The Morgan fingerprint density at radius 1 is 1.22 bits per heavy atom. The van der Waals surface area contributed by atoms with Gasteiger partial charge in [-0.1, -0.05) is 30.0 Å². The molecule has 0 aliphatic carbocycles. The van der Waals surface area contributed by atoms with Gasteiger partial charge in [-0.3, -0.25) is 18.4 Å². The number of rotatable bonds is 12. The van der Waals surface area contributed by atoms with Crippen molar-refractivity contribution < 1.29 is 43.0 Å². The SMILES string of the molecule is CC(C)(CO)C(=O)SCCOP(=O)(OC[C@H]1O[C@@H](n2ccc(N)nc2=O)[C@@H](O)[C@@H]1O)Oc1ccccc1. The van der Waals surface area contributed by atoms with Crippen LogP contribution in [0.3, 0.4) is 0 Å². The number of carbonyl (C=O) groups excluding carboxylic acids is 1. The van der Waals surface area contributed by atoms with Gasteiger partial charge in [-0.15, -0.1) is 0 Å². The Bertz CT molecular complexity index is 1160. The number of nitrogens with two attached hydrogens (primary N) is 1. The van der Waals surface area contributed by atoms with Crippen LogP contribution in [0.25, 0.3) is 0 Å². The first kappa shape index (κ1) is 29.3. The molecule has 1 aliphatic heterocycles. The molecule has 0 spiro atoms. The van der Waals surface area contributed by atoms with Crippen molar-refractivity contribution in [2.24, 2.45) is 5.41 Å². The van der Waals surface area contributed by atoms with Crippen molar-refractivity contribution in [3.05, 3.63) is 53.1 Å². The highest BCUT2D eigenvalue weighted by molar-refractivity contribution is 8.13. The molecule has 1 fully saturated rings. The Morgan fingerprint density at radius 2 is 1.92 bits per heavy atom. The van der Waals surface area contributed by atoms with E-state index in [9.17, 15) is 29.5 Å². The van der Waals surface area contributed by atoms with Gasteiger partial charge in [-0.05, 0) is 32.0 Å². The molecule has 0 bridgehead atoms. The molecule has 5 N–H and O–H groups in total. The Hall–Kier alpha value is -2.29. The normalized spacial score (nSPS) is 23.5. The van der Waals surface area contributed by atoms with E-state index in [2.05, 4.69) is 4.98 Å². The molecular formula is C22H30N3O10PS. The van der Waals surface area contributed by atoms with Crippen LogP contribution in [0.4, 0.5) is 5.82 Å².